The highest BCUT2D eigenvalue weighted by Crippen LogP contribution is 2.32. The second-order valence-corrected chi connectivity index (χ2v) is 15.0. The summed E-state index contributed by atoms with van der Waals surface area (Å²) in [6.07, 6.45) is 2.39. The third-order valence-electron chi connectivity index (χ3n) is 9.68. The van der Waals surface area contributed by atoms with E-state index in [1.165, 1.54) is 6.07 Å². The van der Waals surface area contributed by atoms with Crippen LogP contribution in [-0.2, 0) is 80.8 Å². The molecule has 0 aliphatic carbocycles. The van der Waals surface area contributed by atoms with Crippen LogP contribution in [0.2, 0.25) is 0 Å². The number of piperidine rings is 1. The van der Waals surface area contributed by atoms with Crippen molar-refractivity contribution in [1.29, 1.82) is 0 Å². The highest BCUT2D eigenvalue weighted by Gasteiger charge is 2.45. The van der Waals surface area contributed by atoms with Crippen LogP contribution >= 0.6 is 0 Å². The Hall–Kier alpha value is -4.57. The second-order valence-electron chi connectivity index (χ2n) is 15.0. The first-order chi connectivity index (χ1) is 33.7. The molecule has 3 rings (SSSR count). The number of hydrogen-bond donors (Lipinski definition) is 4. The number of anilines is 1. The number of nitrogens with zero attached hydrogens (tertiary/aromatic N) is 1. The van der Waals surface area contributed by atoms with E-state index < -0.39 is 48.2 Å². The predicted molar refractivity (Wildman–Crippen MR) is 241 cm³/mol. The normalized spacial score (nSPS) is 14.6. The summed E-state index contributed by atoms with van der Waals surface area (Å²) in [6.45, 7) is 8.92. The van der Waals surface area contributed by atoms with Crippen LogP contribution in [0.15, 0.2) is 18.2 Å². The van der Waals surface area contributed by atoms with Gasteiger partial charge in [0.2, 0.25) is 23.6 Å². The monoisotopic (exact) mass is 986 g/mol. The van der Waals surface area contributed by atoms with Gasteiger partial charge in [0.05, 0.1) is 156 Å². The lowest BCUT2D eigenvalue weighted by molar-refractivity contribution is -0.143. The van der Waals surface area contributed by atoms with Crippen molar-refractivity contribution in [2.45, 2.75) is 44.6 Å². The van der Waals surface area contributed by atoms with Crippen LogP contribution in [0.5, 0.6) is 0 Å². The molecule has 4 N–H and O–H groups in total. The van der Waals surface area contributed by atoms with Gasteiger partial charge in [-0.3, -0.25) is 39.0 Å². The molecule has 2 aliphatic rings. The number of hydrogen-bond acceptors (Lipinski definition) is 19. The third kappa shape index (κ3) is 26.8. The first-order valence-electron chi connectivity index (χ1n) is 23.2. The molecule has 24 heteroatoms. The van der Waals surface area contributed by atoms with Crippen molar-refractivity contribution in [3.63, 3.8) is 0 Å². The molecule has 1 unspecified atom stereocenters. The average molecular weight is 987 g/mol. The fourth-order valence-electron chi connectivity index (χ4n) is 6.34. The number of amides is 6. The topological polar surface area (TPSA) is 290 Å². The van der Waals surface area contributed by atoms with Gasteiger partial charge in [-0.1, -0.05) is 12.5 Å². The van der Waals surface area contributed by atoms with E-state index in [0.29, 0.717) is 152 Å². The molecule has 6 amide bonds. The smallest absolute Gasteiger partial charge is 0.329 e. The number of benzene rings is 1. The summed E-state index contributed by atoms with van der Waals surface area (Å²) in [4.78, 5) is 85.3. The van der Waals surface area contributed by atoms with Crippen molar-refractivity contribution in [2.75, 3.05) is 170 Å². The lowest BCUT2D eigenvalue weighted by atomic mass is 10.0. The number of unbranched alkanes of at least 4 members (excludes halogenated alkanes) is 2. The number of carboxylic acids is 1. The van der Waals surface area contributed by atoms with E-state index in [2.05, 4.69) is 20.7 Å². The number of carbonyl (C=O) groups is 7. The van der Waals surface area contributed by atoms with Crippen molar-refractivity contribution in [3.05, 3.63) is 29.3 Å². The van der Waals surface area contributed by atoms with Gasteiger partial charge in [-0.15, -0.1) is 0 Å². The Bertz CT molecular complexity index is 1670. The van der Waals surface area contributed by atoms with Crippen LogP contribution in [0, 0.1) is 0 Å². The standard InChI is InChI=1S/C45H70N4O20/c50-38(47-36-6-4-5-35-42(36)45(57)49(44(35)56)37-8-9-39(51)48-43(37)55)7-2-1-3-11-58-13-15-60-17-19-62-21-23-64-25-27-66-29-31-68-32-30-67-28-26-65-24-22-63-20-18-61-16-14-59-12-10-46-40(52)33-69-34-41(53)54/h4-6,37H,1-3,7-34H2,(H,46,52)(H,47,50)(H,53,54)(H,48,51,55). The summed E-state index contributed by atoms with van der Waals surface area (Å²) in [5, 5.41) is 15.9. The number of aliphatic carboxylic acids is 1. The summed E-state index contributed by atoms with van der Waals surface area (Å²) in [6, 6.07) is 3.50. The highest BCUT2D eigenvalue weighted by atomic mass is 16.6. The molecule has 69 heavy (non-hydrogen) atoms. The fourth-order valence-corrected chi connectivity index (χ4v) is 6.34. The van der Waals surface area contributed by atoms with Crippen LogP contribution in [0.1, 0.15) is 59.2 Å². The number of ether oxygens (including phenoxy) is 12. The molecule has 390 valence electrons. The lowest BCUT2D eigenvalue weighted by Crippen LogP contribution is -2.54. The van der Waals surface area contributed by atoms with E-state index in [-0.39, 0.29) is 55.1 Å². The summed E-state index contributed by atoms with van der Waals surface area (Å²) < 4.78 is 64.9. The van der Waals surface area contributed by atoms with E-state index >= 15 is 0 Å². The molecule has 1 aromatic rings. The van der Waals surface area contributed by atoms with E-state index in [0.717, 1.165) is 17.7 Å². The molecule has 0 saturated carbocycles. The Morgan fingerprint density at radius 1 is 0.551 bits per heavy atom. The van der Waals surface area contributed by atoms with Crippen LogP contribution in [-0.4, -0.2) is 223 Å². The van der Waals surface area contributed by atoms with Crippen molar-refractivity contribution in [2.24, 2.45) is 0 Å². The minimum absolute atomic E-state index is 0.0211. The predicted octanol–water partition coefficient (Wildman–Crippen LogP) is -0.0133. The zero-order valence-corrected chi connectivity index (χ0v) is 39.4. The van der Waals surface area contributed by atoms with Gasteiger partial charge >= 0.3 is 5.97 Å². The van der Waals surface area contributed by atoms with E-state index in [1.54, 1.807) is 12.1 Å². The van der Waals surface area contributed by atoms with Crippen LogP contribution in [0.4, 0.5) is 5.69 Å². The number of carboxylic acid groups (broad SMARTS) is 1. The molecule has 0 spiro atoms. The van der Waals surface area contributed by atoms with Crippen LogP contribution in [0.3, 0.4) is 0 Å². The Kier molecular flexibility index (Phi) is 32.5. The molecule has 1 fully saturated rings. The van der Waals surface area contributed by atoms with E-state index in [4.69, 9.17) is 57.2 Å². The van der Waals surface area contributed by atoms with Gasteiger partial charge in [0.15, 0.2) is 0 Å². The molecular formula is C45H70N4O20. The maximum Gasteiger partial charge on any atom is 0.329 e. The van der Waals surface area contributed by atoms with Gasteiger partial charge < -0.3 is 72.6 Å². The fraction of sp³-hybridized carbons (Fsp3) is 0.711. The van der Waals surface area contributed by atoms with Crippen LogP contribution < -0.4 is 16.0 Å². The minimum atomic E-state index is -1.13. The zero-order chi connectivity index (χ0) is 49.6. The number of nitrogens with one attached hydrogen (secondary N) is 3. The number of imide groups is 2. The van der Waals surface area contributed by atoms with Gasteiger partial charge in [0, 0.05) is 26.0 Å². The molecule has 2 heterocycles. The van der Waals surface area contributed by atoms with Crippen molar-refractivity contribution in [1.82, 2.24) is 15.5 Å². The number of carbonyl (C=O) groups excluding carboxylic acids is 6. The summed E-state index contributed by atoms with van der Waals surface area (Å²) in [7, 11) is 0. The van der Waals surface area contributed by atoms with Gasteiger partial charge in [0.1, 0.15) is 19.3 Å². The number of fused-ring (bicyclic) bond motifs is 1. The first-order valence-corrected chi connectivity index (χ1v) is 23.2. The molecule has 0 bridgehead atoms. The number of rotatable bonds is 45. The van der Waals surface area contributed by atoms with Crippen molar-refractivity contribution >= 4 is 47.1 Å². The Morgan fingerprint density at radius 2 is 1.01 bits per heavy atom. The van der Waals surface area contributed by atoms with Crippen LogP contribution in [0.25, 0.3) is 0 Å². The summed E-state index contributed by atoms with van der Waals surface area (Å²) in [5.41, 5.74) is 0.358. The Labute approximate surface area is 401 Å². The van der Waals surface area contributed by atoms with E-state index in [9.17, 15) is 33.6 Å². The third-order valence-corrected chi connectivity index (χ3v) is 9.68. The largest absolute Gasteiger partial charge is 0.480 e. The second kappa shape index (κ2) is 38.2. The molecule has 0 aromatic heterocycles. The van der Waals surface area contributed by atoms with Gasteiger partial charge in [0.25, 0.3) is 11.8 Å². The van der Waals surface area contributed by atoms with Gasteiger partial charge in [-0.05, 0) is 31.4 Å². The molecule has 0 radical (unpaired) electrons. The first kappa shape index (κ1) is 58.7. The SMILES string of the molecule is O=C(O)COCC(=O)NCCOCCOCCOCCOCCOCCOCCOCCOCCOCCOCCOCCCCCC(=O)Nc1cccc2c1C(=O)N(C1CCC(=O)NC1=O)C2=O. The van der Waals surface area contributed by atoms with E-state index in [1.807, 2.05) is 0 Å². The lowest BCUT2D eigenvalue weighted by Gasteiger charge is -2.27. The average Bonchev–Trinajstić information content (AvgIpc) is 3.58. The quantitative estimate of drug-likeness (QED) is 0.0494. The Morgan fingerprint density at radius 3 is 1.48 bits per heavy atom. The zero-order valence-electron chi connectivity index (χ0n) is 39.4. The molecular weight excluding hydrogens is 917 g/mol. The molecule has 24 nitrogen and oxygen atoms in total. The Balaban J connectivity index is 0.958. The van der Waals surface area contributed by atoms with Gasteiger partial charge in [-0.2, -0.15) is 0 Å². The molecule has 2 aliphatic heterocycles. The molecule has 1 saturated heterocycles. The highest BCUT2D eigenvalue weighted by molar-refractivity contribution is 6.26. The maximum absolute atomic E-state index is 13.2. The maximum atomic E-state index is 13.2. The minimum Gasteiger partial charge on any atom is -0.480 e. The van der Waals surface area contributed by atoms with Gasteiger partial charge in [-0.25, -0.2) is 4.79 Å². The summed E-state index contributed by atoms with van der Waals surface area (Å²) >= 11 is 0. The molecule has 1 aromatic carbocycles. The van der Waals surface area contributed by atoms with Crippen molar-refractivity contribution in [3.8, 4) is 0 Å². The molecule has 1 atom stereocenters. The van der Waals surface area contributed by atoms with Crippen molar-refractivity contribution < 1.29 is 95.5 Å². The summed E-state index contributed by atoms with van der Waals surface area (Å²) in [5.74, 6) is -4.30.